The molecule has 25 heavy (non-hydrogen) atoms. The lowest BCUT2D eigenvalue weighted by molar-refractivity contribution is 0.999. The predicted octanol–water partition coefficient (Wildman–Crippen LogP) is 2.93. The predicted molar refractivity (Wildman–Crippen MR) is 100.0 cm³/mol. The summed E-state index contributed by atoms with van der Waals surface area (Å²) in [6, 6.07) is 4.16. The van der Waals surface area contributed by atoms with Crippen molar-refractivity contribution >= 4 is 28.8 Å². The number of hydrogen-bond donors (Lipinski definition) is 1. The molecule has 0 aliphatic rings. The minimum atomic E-state index is 0.669. The van der Waals surface area contributed by atoms with Crippen molar-refractivity contribution in [2.75, 3.05) is 24.3 Å². The van der Waals surface area contributed by atoms with Gasteiger partial charge in [0.1, 0.15) is 11.5 Å². The highest BCUT2D eigenvalue weighted by molar-refractivity contribution is 7.09. The molecule has 0 unspecified atom stereocenters. The Morgan fingerprint density at radius 1 is 1.20 bits per heavy atom. The summed E-state index contributed by atoms with van der Waals surface area (Å²) in [4.78, 5) is 20.8. The molecule has 0 bridgehead atoms. The Morgan fingerprint density at radius 3 is 2.76 bits per heavy atom. The molecule has 0 radical (unpaired) electrons. The van der Waals surface area contributed by atoms with E-state index in [4.69, 9.17) is 4.98 Å². The van der Waals surface area contributed by atoms with E-state index in [0.29, 0.717) is 5.95 Å². The number of nitrogens with zero attached hydrogens (tertiary/aromatic N) is 6. The van der Waals surface area contributed by atoms with Crippen LogP contribution in [0.4, 0.5) is 11.8 Å². The van der Waals surface area contributed by atoms with Crippen molar-refractivity contribution in [2.45, 2.75) is 6.54 Å². The normalized spacial score (nSPS) is 11.0. The zero-order valence-electron chi connectivity index (χ0n) is 13.9. The maximum absolute atomic E-state index is 4.71. The van der Waals surface area contributed by atoms with E-state index in [0.717, 1.165) is 29.3 Å². The van der Waals surface area contributed by atoms with E-state index in [1.165, 1.54) is 4.88 Å². The summed E-state index contributed by atoms with van der Waals surface area (Å²) in [7, 11) is 3.83. The molecule has 7 nitrogen and oxygen atoms in total. The second-order valence-corrected chi connectivity index (χ2v) is 6.74. The standard InChI is InChI=1S/C17H17N7S/c1-23(2)17-20-8-12(9-21-17)15-16(19-10-13-4-3-7-25-13)24-6-5-18-11-14(24)22-15/h3-9,11,19H,10H2,1-2H3. The van der Waals surface area contributed by atoms with Gasteiger partial charge in [-0.25, -0.2) is 15.0 Å². The highest BCUT2D eigenvalue weighted by Gasteiger charge is 2.15. The maximum Gasteiger partial charge on any atom is 0.224 e. The van der Waals surface area contributed by atoms with Crippen molar-refractivity contribution in [1.29, 1.82) is 0 Å². The van der Waals surface area contributed by atoms with Crippen molar-refractivity contribution in [3.05, 3.63) is 53.4 Å². The summed E-state index contributed by atoms with van der Waals surface area (Å²) in [5, 5.41) is 5.57. The van der Waals surface area contributed by atoms with Crippen LogP contribution in [0, 0.1) is 0 Å². The number of hydrogen-bond acceptors (Lipinski definition) is 7. The molecule has 0 fully saturated rings. The maximum atomic E-state index is 4.71. The fraction of sp³-hybridized carbons (Fsp3) is 0.176. The molecular formula is C17H17N7S. The van der Waals surface area contributed by atoms with Crippen LogP contribution in [-0.2, 0) is 6.54 Å². The average molecular weight is 351 g/mol. The molecule has 0 aliphatic carbocycles. The van der Waals surface area contributed by atoms with Crippen LogP contribution in [0.25, 0.3) is 16.9 Å². The third-order valence-electron chi connectivity index (χ3n) is 3.75. The van der Waals surface area contributed by atoms with Crippen molar-refractivity contribution < 1.29 is 0 Å². The Labute approximate surface area is 149 Å². The van der Waals surface area contributed by atoms with Gasteiger partial charge in [-0.3, -0.25) is 9.38 Å². The average Bonchev–Trinajstić information content (AvgIpc) is 3.27. The van der Waals surface area contributed by atoms with Gasteiger partial charge in [-0.15, -0.1) is 11.3 Å². The summed E-state index contributed by atoms with van der Waals surface area (Å²) >= 11 is 1.72. The first-order chi connectivity index (χ1) is 12.2. The second kappa shape index (κ2) is 6.48. The van der Waals surface area contributed by atoms with Crippen LogP contribution >= 0.6 is 11.3 Å². The van der Waals surface area contributed by atoms with E-state index in [-0.39, 0.29) is 0 Å². The van der Waals surface area contributed by atoms with E-state index in [9.17, 15) is 0 Å². The Hall–Kier alpha value is -3.00. The van der Waals surface area contributed by atoms with Crippen molar-refractivity contribution in [3.63, 3.8) is 0 Å². The molecule has 4 aromatic heterocycles. The summed E-state index contributed by atoms with van der Waals surface area (Å²) in [6.07, 6.45) is 8.99. The first-order valence-corrected chi connectivity index (χ1v) is 8.68. The number of aromatic nitrogens is 5. The lowest BCUT2D eigenvalue weighted by Crippen LogP contribution is -2.12. The lowest BCUT2D eigenvalue weighted by Gasteiger charge is -2.10. The van der Waals surface area contributed by atoms with E-state index >= 15 is 0 Å². The van der Waals surface area contributed by atoms with E-state index in [1.54, 1.807) is 36.1 Å². The summed E-state index contributed by atoms with van der Waals surface area (Å²) < 4.78 is 2.00. The molecule has 0 aliphatic heterocycles. The topological polar surface area (TPSA) is 71.2 Å². The highest BCUT2D eigenvalue weighted by atomic mass is 32.1. The lowest BCUT2D eigenvalue weighted by atomic mass is 10.2. The number of rotatable bonds is 5. The van der Waals surface area contributed by atoms with E-state index in [2.05, 4.69) is 37.8 Å². The number of thiophene rings is 1. The minimum absolute atomic E-state index is 0.669. The fourth-order valence-corrected chi connectivity index (χ4v) is 3.18. The first-order valence-electron chi connectivity index (χ1n) is 7.80. The summed E-state index contributed by atoms with van der Waals surface area (Å²) in [5.74, 6) is 1.58. The largest absolute Gasteiger partial charge is 0.364 e. The Balaban J connectivity index is 1.75. The smallest absolute Gasteiger partial charge is 0.224 e. The molecule has 4 heterocycles. The molecule has 4 rings (SSSR count). The van der Waals surface area contributed by atoms with Crippen LogP contribution in [0.2, 0.25) is 0 Å². The molecule has 4 aromatic rings. The van der Waals surface area contributed by atoms with Crippen LogP contribution in [0.3, 0.4) is 0 Å². The second-order valence-electron chi connectivity index (χ2n) is 5.71. The van der Waals surface area contributed by atoms with Gasteiger partial charge in [0.2, 0.25) is 5.95 Å². The molecule has 0 saturated heterocycles. The molecular weight excluding hydrogens is 334 g/mol. The van der Waals surface area contributed by atoms with Crippen molar-refractivity contribution in [2.24, 2.45) is 0 Å². The zero-order chi connectivity index (χ0) is 17.2. The Bertz CT molecular complexity index is 974. The van der Waals surface area contributed by atoms with Gasteiger partial charge in [0.25, 0.3) is 0 Å². The summed E-state index contributed by atoms with van der Waals surface area (Å²) in [6.45, 7) is 0.734. The van der Waals surface area contributed by atoms with Crippen LogP contribution in [0.15, 0.2) is 48.5 Å². The quantitative estimate of drug-likeness (QED) is 0.596. The van der Waals surface area contributed by atoms with Gasteiger partial charge >= 0.3 is 0 Å². The van der Waals surface area contributed by atoms with Gasteiger partial charge in [0.15, 0.2) is 5.65 Å². The molecule has 0 spiro atoms. The van der Waals surface area contributed by atoms with Gasteiger partial charge in [0.05, 0.1) is 12.7 Å². The highest BCUT2D eigenvalue weighted by Crippen LogP contribution is 2.28. The molecule has 0 aromatic carbocycles. The van der Waals surface area contributed by atoms with Crippen LogP contribution in [0.5, 0.6) is 0 Å². The van der Waals surface area contributed by atoms with Gasteiger partial charge < -0.3 is 10.2 Å². The van der Waals surface area contributed by atoms with E-state index in [1.807, 2.05) is 29.6 Å². The number of nitrogens with one attached hydrogen (secondary N) is 1. The van der Waals surface area contributed by atoms with Crippen molar-refractivity contribution in [1.82, 2.24) is 24.3 Å². The third-order valence-corrected chi connectivity index (χ3v) is 4.63. The van der Waals surface area contributed by atoms with Crippen LogP contribution < -0.4 is 10.2 Å². The molecule has 0 atom stereocenters. The molecule has 0 saturated carbocycles. The van der Waals surface area contributed by atoms with Gasteiger partial charge in [-0.1, -0.05) is 6.07 Å². The fourth-order valence-electron chi connectivity index (χ4n) is 2.54. The van der Waals surface area contributed by atoms with Gasteiger partial charge in [-0.05, 0) is 11.4 Å². The molecule has 8 heteroatoms. The minimum Gasteiger partial charge on any atom is -0.364 e. The van der Waals surface area contributed by atoms with Crippen molar-refractivity contribution in [3.8, 4) is 11.3 Å². The Morgan fingerprint density at radius 2 is 2.04 bits per heavy atom. The number of fused-ring (bicyclic) bond motifs is 1. The van der Waals surface area contributed by atoms with Gasteiger partial charge in [0, 0.05) is 49.3 Å². The Kier molecular flexibility index (Phi) is 4.02. The third kappa shape index (κ3) is 3.03. The molecule has 0 amide bonds. The van der Waals surface area contributed by atoms with Gasteiger partial charge in [-0.2, -0.15) is 0 Å². The van der Waals surface area contributed by atoms with Crippen LogP contribution in [-0.4, -0.2) is 38.4 Å². The molecule has 126 valence electrons. The first kappa shape index (κ1) is 15.5. The van der Waals surface area contributed by atoms with E-state index < -0.39 is 0 Å². The monoisotopic (exact) mass is 351 g/mol. The number of anilines is 2. The van der Waals surface area contributed by atoms with Crippen LogP contribution in [0.1, 0.15) is 4.88 Å². The SMILES string of the molecule is CN(C)c1ncc(-c2nc3cnccn3c2NCc2cccs2)cn1. The number of imidazole rings is 1. The summed E-state index contributed by atoms with van der Waals surface area (Å²) in [5.41, 5.74) is 2.46. The molecule has 1 N–H and O–H groups in total. The zero-order valence-corrected chi connectivity index (χ0v) is 14.7.